The second-order valence-electron chi connectivity index (χ2n) is 4.53. The van der Waals surface area contributed by atoms with Gasteiger partial charge in [-0.05, 0) is 19.3 Å². The van der Waals surface area contributed by atoms with Gasteiger partial charge in [-0.3, -0.25) is 4.79 Å². The van der Waals surface area contributed by atoms with Crippen molar-refractivity contribution in [1.29, 1.82) is 0 Å². The molecule has 1 heterocycles. The monoisotopic (exact) mass is 252 g/mol. The summed E-state index contributed by atoms with van der Waals surface area (Å²) in [5, 5.41) is 9.00. The van der Waals surface area contributed by atoms with Gasteiger partial charge in [-0.1, -0.05) is 12.8 Å². The van der Waals surface area contributed by atoms with E-state index in [0.717, 1.165) is 12.8 Å². The molecule has 5 nitrogen and oxygen atoms in total. The van der Waals surface area contributed by atoms with Gasteiger partial charge in [0.25, 0.3) is 0 Å². The molecule has 0 spiro atoms. The first-order chi connectivity index (χ1) is 8.60. The first-order valence-electron chi connectivity index (χ1n) is 6.30. The molecule has 2 amide bonds. The normalized spacial score (nSPS) is 19.1. The van der Waals surface area contributed by atoms with E-state index in [9.17, 15) is 9.59 Å². The first-order valence-corrected chi connectivity index (χ1v) is 6.30. The summed E-state index contributed by atoms with van der Waals surface area (Å²) in [5.41, 5.74) is 0. The highest BCUT2D eigenvalue weighted by Crippen LogP contribution is 2.18. The Bertz CT molecular complexity index is 349. The van der Waals surface area contributed by atoms with E-state index in [-0.39, 0.29) is 12.6 Å². The summed E-state index contributed by atoms with van der Waals surface area (Å²) in [6, 6.07) is -0.138. The van der Waals surface area contributed by atoms with Crippen LogP contribution in [0.25, 0.3) is 0 Å². The molecule has 0 aromatic heterocycles. The van der Waals surface area contributed by atoms with Crippen LogP contribution in [0.4, 0.5) is 4.79 Å². The molecule has 1 aliphatic rings. The third kappa shape index (κ3) is 3.66. The number of carboxylic acids is 1. The van der Waals surface area contributed by atoms with Crippen molar-refractivity contribution < 1.29 is 14.7 Å². The van der Waals surface area contributed by atoms with Crippen molar-refractivity contribution in [2.45, 2.75) is 26.2 Å². The van der Waals surface area contributed by atoms with Gasteiger partial charge in [0.2, 0.25) is 0 Å². The van der Waals surface area contributed by atoms with E-state index in [1.54, 1.807) is 9.80 Å². The Labute approximate surface area is 108 Å². The number of piperidine rings is 1. The summed E-state index contributed by atoms with van der Waals surface area (Å²) >= 11 is 0. The smallest absolute Gasteiger partial charge is 0.320 e. The second-order valence-corrected chi connectivity index (χ2v) is 4.53. The number of rotatable bonds is 4. The zero-order chi connectivity index (χ0) is 13.5. The van der Waals surface area contributed by atoms with Gasteiger partial charge in [-0.25, -0.2) is 4.79 Å². The SMILES string of the molecule is C#CCN(CCC)C(=O)N1CCC[C@H](C(=O)O)C1. The molecular formula is C13H20N2O3. The number of aliphatic carboxylic acids is 1. The van der Waals surface area contributed by atoms with Crippen LogP contribution in [0, 0.1) is 18.3 Å². The van der Waals surface area contributed by atoms with Crippen LogP contribution >= 0.6 is 0 Å². The van der Waals surface area contributed by atoms with E-state index in [0.29, 0.717) is 26.1 Å². The minimum atomic E-state index is -0.827. The molecule has 1 rings (SSSR count). The summed E-state index contributed by atoms with van der Waals surface area (Å²) in [6.45, 7) is 3.78. The number of hydrogen-bond donors (Lipinski definition) is 1. The van der Waals surface area contributed by atoms with Crippen LogP contribution in [0.5, 0.6) is 0 Å². The van der Waals surface area contributed by atoms with Crippen molar-refractivity contribution in [2.24, 2.45) is 5.92 Å². The van der Waals surface area contributed by atoms with Gasteiger partial charge in [0, 0.05) is 19.6 Å². The van der Waals surface area contributed by atoms with Crippen LogP contribution in [-0.4, -0.2) is 53.1 Å². The highest BCUT2D eigenvalue weighted by atomic mass is 16.4. The third-order valence-corrected chi connectivity index (χ3v) is 3.09. The molecule has 100 valence electrons. The van der Waals surface area contributed by atoms with E-state index in [1.165, 1.54) is 0 Å². The van der Waals surface area contributed by atoms with Gasteiger partial charge in [0.1, 0.15) is 0 Å². The first kappa shape index (κ1) is 14.4. The standard InChI is InChI=1S/C13H20N2O3/c1-3-7-14(8-4-2)13(18)15-9-5-6-11(10-15)12(16)17/h1,11H,4-10H2,2H3,(H,16,17)/t11-/m0/s1. The number of hydrogen-bond acceptors (Lipinski definition) is 2. The lowest BCUT2D eigenvalue weighted by Crippen LogP contribution is -2.49. The lowest BCUT2D eigenvalue weighted by molar-refractivity contribution is -0.143. The van der Waals surface area contributed by atoms with Crippen molar-refractivity contribution in [3.05, 3.63) is 0 Å². The van der Waals surface area contributed by atoms with Gasteiger partial charge in [0.05, 0.1) is 12.5 Å². The maximum absolute atomic E-state index is 12.2. The molecule has 5 heteroatoms. The maximum Gasteiger partial charge on any atom is 0.320 e. The zero-order valence-corrected chi connectivity index (χ0v) is 10.8. The van der Waals surface area contributed by atoms with Crippen molar-refractivity contribution >= 4 is 12.0 Å². The average Bonchev–Trinajstić information content (AvgIpc) is 2.38. The molecule has 0 radical (unpaired) electrons. The molecule has 0 aliphatic carbocycles. The number of carbonyl (C=O) groups is 2. The summed E-state index contributed by atoms with van der Waals surface area (Å²) in [5.74, 6) is 1.19. The Hall–Kier alpha value is -1.70. The molecule has 0 aromatic rings. The minimum absolute atomic E-state index is 0.138. The topological polar surface area (TPSA) is 60.9 Å². The van der Waals surface area contributed by atoms with E-state index in [1.807, 2.05) is 6.92 Å². The summed E-state index contributed by atoms with van der Waals surface area (Å²) in [4.78, 5) is 26.4. The number of amides is 2. The van der Waals surface area contributed by atoms with Crippen LogP contribution in [0.15, 0.2) is 0 Å². The molecule has 1 saturated heterocycles. The molecular weight excluding hydrogens is 232 g/mol. The third-order valence-electron chi connectivity index (χ3n) is 3.09. The Balaban J connectivity index is 2.64. The van der Waals surface area contributed by atoms with E-state index < -0.39 is 11.9 Å². The van der Waals surface area contributed by atoms with Crippen LogP contribution in [0.1, 0.15) is 26.2 Å². The van der Waals surface area contributed by atoms with Crippen LogP contribution in [-0.2, 0) is 4.79 Å². The quantitative estimate of drug-likeness (QED) is 0.766. The lowest BCUT2D eigenvalue weighted by Gasteiger charge is -2.34. The van der Waals surface area contributed by atoms with Gasteiger partial charge in [-0.2, -0.15) is 0 Å². The number of urea groups is 1. The highest BCUT2D eigenvalue weighted by Gasteiger charge is 2.29. The highest BCUT2D eigenvalue weighted by molar-refractivity contribution is 5.77. The van der Waals surface area contributed by atoms with Crippen molar-refractivity contribution in [3.63, 3.8) is 0 Å². The maximum atomic E-state index is 12.2. The molecule has 0 saturated carbocycles. The fraction of sp³-hybridized carbons (Fsp3) is 0.692. The fourth-order valence-electron chi connectivity index (χ4n) is 2.17. The van der Waals surface area contributed by atoms with Crippen LogP contribution in [0.2, 0.25) is 0 Å². The average molecular weight is 252 g/mol. The van der Waals surface area contributed by atoms with Crippen molar-refractivity contribution in [2.75, 3.05) is 26.2 Å². The summed E-state index contributed by atoms with van der Waals surface area (Å²) in [7, 11) is 0. The minimum Gasteiger partial charge on any atom is -0.481 e. The Morgan fingerprint density at radius 2 is 2.28 bits per heavy atom. The Kier molecular flexibility index (Phi) is 5.50. The van der Waals surface area contributed by atoms with Gasteiger partial charge in [0.15, 0.2) is 0 Å². The summed E-state index contributed by atoms with van der Waals surface area (Å²) in [6.07, 6.45) is 7.46. The van der Waals surface area contributed by atoms with Gasteiger partial charge < -0.3 is 14.9 Å². The zero-order valence-electron chi connectivity index (χ0n) is 10.8. The molecule has 0 unspecified atom stereocenters. The molecule has 0 aromatic carbocycles. The Morgan fingerprint density at radius 3 is 2.83 bits per heavy atom. The largest absolute Gasteiger partial charge is 0.481 e. The number of carboxylic acid groups (broad SMARTS) is 1. The lowest BCUT2D eigenvalue weighted by atomic mass is 9.98. The van der Waals surface area contributed by atoms with Crippen molar-refractivity contribution in [3.8, 4) is 12.3 Å². The number of nitrogens with zero attached hydrogens (tertiary/aromatic N) is 2. The van der Waals surface area contributed by atoms with Crippen LogP contribution in [0.3, 0.4) is 0 Å². The number of carbonyl (C=O) groups excluding carboxylic acids is 1. The second kappa shape index (κ2) is 6.90. The van der Waals surface area contributed by atoms with E-state index >= 15 is 0 Å². The number of terminal acetylenes is 1. The molecule has 1 atom stereocenters. The fourth-order valence-corrected chi connectivity index (χ4v) is 2.17. The van der Waals surface area contributed by atoms with Crippen molar-refractivity contribution in [1.82, 2.24) is 9.80 Å². The predicted molar refractivity (Wildman–Crippen MR) is 68.0 cm³/mol. The molecule has 1 fully saturated rings. The predicted octanol–water partition coefficient (Wildman–Crippen LogP) is 1.25. The molecule has 0 bridgehead atoms. The molecule has 1 aliphatic heterocycles. The summed E-state index contributed by atoms with van der Waals surface area (Å²) < 4.78 is 0. The van der Waals surface area contributed by atoms with Gasteiger partial charge in [-0.15, -0.1) is 6.42 Å². The van der Waals surface area contributed by atoms with E-state index in [2.05, 4.69) is 5.92 Å². The van der Waals surface area contributed by atoms with Crippen LogP contribution < -0.4 is 0 Å². The van der Waals surface area contributed by atoms with Gasteiger partial charge >= 0.3 is 12.0 Å². The van der Waals surface area contributed by atoms with E-state index in [4.69, 9.17) is 11.5 Å². The Morgan fingerprint density at radius 1 is 1.56 bits per heavy atom. The molecule has 1 N–H and O–H groups in total. The number of likely N-dealkylation sites (tertiary alicyclic amines) is 1. The molecule has 18 heavy (non-hydrogen) atoms.